The van der Waals surface area contributed by atoms with Crippen molar-refractivity contribution in [3.8, 4) is 5.75 Å². The van der Waals surface area contributed by atoms with Crippen molar-refractivity contribution < 1.29 is 14.3 Å². The first-order valence-corrected chi connectivity index (χ1v) is 9.10. The van der Waals surface area contributed by atoms with Gasteiger partial charge < -0.3 is 14.4 Å². The van der Waals surface area contributed by atoms with Crippen LogP contribution in [0.25, 0.3) is 0 Å². The van der Waals surface area contributed by atoms with Crippen molar-refractivity contribution in [1.82, 2.24) is 4.90 Å². The highest BCUT2D eigenvalue weighted by atomic mass is 16.5. The van der Waals surface area contributed by atoms with Gasteiger partial charge in [0.25, 0.3) is 0 Å². The molecule has 0 N–H and O–H groups in total. The Morgan fingerprint density at radius 3 is 2.38 bits per heavy atom. The number of β-lactam (4-membered cyclic amide) rings is 1. The van der Waals surface area contributed by atoms with Gasteiger partial charge in [-0.15, -0.1) is 0 Å². The highest BCUT2D eigenvalue weighted by Crippen LogP contribution is 2.44. The molecule has 0 bridgehead atoms. The van der Waals surface area contributed by atoms with Crippen LogP contribution in [0.15, 0.2) is 54.6 Å². The lowest BCUT2D eigenvalue weighted by Crippen LogP contribution is -2.59. The number of carbonyl (C=O) groups excluding carboxylic acids is 1. The number of amides is 1. The summed E-state index contributed by atoms with van der Waals surface area (Å²) < 4.78 is 10.7. The molecule has 0 aliphatic carbocycles. The molecule has 2 aliphatic rings. The normalized spacial score (nSPS) is 23.6. The van der Waals surface area contributed by atoms with Gasteiger partial charge in [0, 0.05) is 25.3 Å². The first kappa shape index (κ1) is 17.1. The molecular weight excluding hydrogens is 328 g/mol. The molecule has 0 saturated carbocycles. The van der Waals surface area contributed by atoms with Crippen molar-refractivity contribution in [2.24, 2.45) is 5.92 Å². The van der Waals surface area contributed by atoms with Gasteiger partial charge in [0.1, 0.15) is 5.75 Å². The molecule has 2 saturated heterocycles. The summed E-state index contributed by atoms with van der Waals surface area (Å²) in [5.41, 5.74) is 2.10. The molecule has 0 aromatic heterocycles. The van der Waals surface area contributed by atoms with E-state index in [0.717, 1.165) is 49.8 Å². The van der Waals surface area contributed by atoms with Gasteiger partial charge in [-0.2, -0.15) is 0 Å². The van der Waals surface area contributed by atoms with Gasteiger partial charge >= 0.3 is 0 Å². The minimum atomic E-state index is -0.0262. The topological polar surface area (TPSA) is 42.0 Å². The summed E-state index contributed by atoms with van der Waals surface area (Å²) in [6, 6.07) is 18.0. The number of anilines is 1. The van der Waals surface area contributed by atoms with Gasteiger partial charge in [0.15, 0.2) is 0 Å². The molecule has 0 unspecified atom stereocenters. The van der Waals surface area contributed by atoms with Crippen molar-refractivity contribution >= 4 is 11.6 Å². The van der Waals surface area contributed by atoms with Gasteiger partial charge in [-0.05, 0) is 29.8 Å². The third-order valence-electron chi connectivity index (χ3n) is 5.26. The highest BCUT2D eigenvalue weighted by Gasteiger charge is 2.49. The molecule has 2 heterocycles. The molecule has 0 spiro atoms. The number of hydrogen-bond donors (Lipinski definition) is 0. The minimum Gasteiger partial charge on any atom is -0.497 e. The first-order valence-electron chi connectivity index (χ1n) is 9.10. The van der Waals surface area contributed by atoms with E-state index >= 15 is 0 Å². The Bertz CT molecular complexity index is 742. The molecule has 5 heteroatoms. The molecule has 2 aromatic rings. The molecule has 26 heavy (non-hydrogen) atoms. The lowest BCUT2D eigenvalue weighted by Gasteiger charge is -2.49. The molecule has 5 nitrogen and oxygen atoms in total. The van der Waals surface area contributed by atoms with E-state index in [9.17, 15) is 4.79 Å². The van der Waals surface area contributed by atoms with E-state index in [4.69, 9.17) is 9.47 Å². The number of benzene rings is 2. The van der Waals surface area contributed by atoms with Crippen LogP contribution in [0.5, 0.6) is 5.75 Å². The second-order valence-electron chi connectivity index (χ2n) is 6.78. The van der Waals surface area contributed by atoms with E-state index in [1.807, 2.05) is 47.4 Å². The predicted octanol–water partition coefficient (Wildman–Crippen LogP) is 2.73. The van der Waals surface area contributed by atoms with Crippen LogP contribution in [-0.2, 0) is 9.53 Å². The zero-order valence-electron chi connectivity index (χ0n) is 15.0. The molecule has 1 amide bonds. The van der Waals surface area contributed by atoms with Gasteiger partial charge in [0.2, 0.25) is 5.91 Å². The molecule has 2 atom stereocenters. The third-order valence-corrected chi connectivity index (χ3v) is 5.26. The van der Waals surface area contributed by atoms with E-state index in [1.54, 1.807) is 7.11 Å². The Kier molecular flexibility index (Phi) is 4.91. The summed E-state index contributed by atoms with van der Waals surface area (Å²) in [6.07, 6.45) is 0. The van der Waals surface area contributed by atoms with Crippen LogP contribution in [0.3, 0.4) is 0 Å². The zero-order valence-corrected chi connectivity index (χ0v) is 15.0. The van der Waals surface area contributed by atoms with E-state index in [2.05, 4.69) is 17.0 Å². The number of methoxy groups -OCH3 is 1. The Morgan fingerprint density at radius 2 is 1.73 bits per heavy atom. The van der Waals surface area contributed by atoms with E-state index in [1.165, 1.54) is 0 Å². The Morgan fingerprint density at radius 1 is 1.04 bits per heavy atom. The molecular formula is C21H24N2O3. The Balaban J connectivity index is 1.61. The standard InChI is InChI=1S/C21H24N2O3/c1-25-18-9-7-16(8-10-18)20-19(15-22-11-13-26-14-12-22)21(24)23(20)17-5-3-2-4-6-17/h2-10,19-20H,11-15H2,1H3/t19-,20+/m1/s1. The molecule has 2 aliphatic heterocycles. The summed E-state index contributed by atoms with van der Waals surface area (Å²) in [5.74, 6) is 1.00. The maximum atomic E-state index is 13.0. The molecule has 2 fully saturated rings. The second-order valence-corrected chi connectivity index (χ2v) is 6.78. The van der Waals surface area contributed by atoms with Gasteiger partial charge in [-0.25, -0.2) is 0 Å². The lowest BCUT2D eigenvalue weighted by atomic mass is 9.81. The fraction of sp³-hybridized carbons (Fsp3) is 0.381. The van der Waals surface area contributed by atoms with Crippen molar-refractivity contribution in [2.75, 3.05) is 44.9 Å². The summed E-state index contributed by atoms with van der Waals surface area (Å²) in [7, 11) is 1.67. The van der Waals surface area contributed by atoms with Crippen molar-refractivity contribution in [3.63, 3.8) is 0 Å². The van der Waals surface area contributed by atoms with Crippen molar-refractivity contribution in [3.05, 3.63) is 60.2 Å². The number of rotatable bonds is 5. The van der Waals surface area contributed by atoms with E-state index in [-0.39, 0.29) is 17.9 Å². The van der Waals surface area contributed by atoms with Crippen LogP contribution in [0.4, 0.5) is 5.69 Å². The van der Waals surface area contributed by atoms with Crippen molar-refractivity contribution in [1.29, 1.82) is 0 Å². The van der Waals surface area contributed by atoms with Crippen LogP contribution < -0.4 is 9.64 Å². The van der Waals surface area contributed by atoms with E-state index in [0.29, 0.717) is 0 Å². The molecule has 136 valence electrons. The van der Waals surface area contributed by atoms with Crippen LogP contribution >= 0.6 is 0 Å². The third kappa shape index (κ3) is 3.20. The molecule has 2 aromatic carbocycles. The van der Waals surface area contributed by atoms with Crippen molar-refractivity contribution in [2.45, 2.75) is 6.04 Å². The smallest absolute Gasteiger partial charge is 0.234 e. The number of para-hydroxylation sites is 1. The fourth-order valence-electron chi connectivity index (χ4n) is 3.85. The van der Waals surface area contributed by atoms with Gasteiger partial charge in [-0.1, -0.05) is 30.3 Å². The highest BCUT2D eigenvalue weighted by molar-refractivity contribution is 6.03. The summed E-state index contributed by atoms with van der Waals surface area (Å²) in [4.78, 5) is 17.2. The number of hydrogen-bond acceptors (Lipinski definition) is 4. The average molecular weight is 352 g/mol. The average Bonchev–Trinajstić information content (AvgIpc) is 2.71. The first-order chi connectivity index (χ1) is 12.8. The van der Waals surface area contributed by atoms with Gasteiger partial charge in [-0.3, -0.25) is 9.69 Å². The second kappa shape index (κ2) is 7.48. The monoisotopic (exact) mass is 352 g/mol. The van der Waals surface area contributed by atoms with E-state index < -0.39 is 0 Å². The maximum Gasteiger partial charge on any atom is 0.234 e. The predicted molar refractivity (Wildman–Crippen MR) is 100 cm³/mol. The number of carbonyl (C=O) groups is 1. The van der Waals surface area contributed by atoms with Crippen LogP contribution in [0.2, 0.25) is 0 Å². The summed E-state index contributed by atoms with van der Waals surface area (Å²) in [6.45, 7) is 4.06. The van der Waals surface area contributed by atoms with Crippen LogP contribution in [0.1, 0.15) is 11.6 Å². The maximum absolute atomic E-state index is 13.0. The Labute approximate surface area is 154 Å². The lowest BCUT2D eigenvalue weighted by molar-refractivity contribution is -0.132. The largest absolute Gasteiger partial charge is 0.497 e. The van der Waals surface area contributed by atoms with Crippen LogP contribution in [-0.4, -0.2) is 50.8 Å². The SMILES string of the molecule is COc1ccc([C@H]2[C@@H](CN3CCOCC3)C(=O)N2c2ccccc2)cc1. The number of nitrogens with zero attached hydrogens (tertiary/aromatic N) is 2. The number of morpholine rings is 1. The quantitative estimate of drug-likeness (QED) is 0.776. The van der Waals surface area contributed by atoms with Crippen LogP contribution in [0, 0.1) is 5.92 Å². The number of ether oxygens (including phenoxy) is 2. The minimum absolute atomic E-state index is 0.0262. The Hall–Kier alpha value is -2.37. The summed E-state index contributed by atoms with van der Waals surface area (Å²) >= 11 is 0. The zero-order chi connectivity index (χ0) is 17.9. The van der Waals surface area contributed by atoms with Gasteiger partial charge in [0.05, 0.1) is 32.3 Å². The molecule has 4 rings (SSSR count). The molecule has 0 radical (unpaired) electrons. The summed E-state index contributed by atoms with van der Waals surface area (Å²) in [5, 5.41) is 0. The fourth-order valence-corrected chi connectivity index (χ4v) is 3.85.